The fraction of sp³-hybridized carbons (Fsp3) is 0.391. The number of carbonyl (C=O) groups is 2. The highest BCUT2D eigenvalue weighted by Crippen LogP contribution is 2.25. The Balaban J connectivity index is 1.63. The Morgan fingerprint density at radius 2 is 1.72 bits per heavy atom. The molecule has 1 atom stereocenters. The summed E-state index contributed by atoms with van der Waals surface area (Å²) in [4.78, 5) is 28.4. The van der Waals surface area contributed by atoms with Gasteiger partial charge in [0.2, 0.25) is 11.8 Å². The number of carbonyl (C=O) groups excluding carboxylic acids is 2. The van der Waals surface area contributed by atoms with Crippen molar-refractivity contribution in [3.63, 3.8) is 0 Å². The van der Waals surface area contributed by atoms with Crippen LogP contribution in [0, 0.1) is 0 Å². The van der Waals surface area contributed by atoms with E-state index < -0.39 is 5.91 Å². The third kappa shape index (κ3) is 5.35. The van der Waals surface area contributed by atoms with Crippen LogP contribution in [0.5, 0.6) is 0 Å². The Morgan fingerprint density at radius 3 is 2.38 bits per heavy atom. The van der Waals surface area contributed by atoms with E-state index in [9.17, 15) is 9.59 Å². The number of rotatable bonds is 7. The van der Waals surface area contributed by atoms with Crippen LogP contribution in [0.2, 0.25) is 0 Å². The van der Waals surface area contributed by atoms with Gasteiger partial charge >= 0.3 is 0 Å². The molecule has 1 heterocycles. The minimum absolute atomic E-state index is 0.0882. The van der Waals surface area contributed by atoms with Crippen LogP contribution < -0.4 is 16.0 Å². The summed E-state index contributed by atoms with van der Waals surface area (Å²) in [5.41, 5.74) is 8.83. The average molecular weight is 395 g/mol. The molecule has 3 rings (SSSR count). The minimum Gasteiger partial charge on any atom is -0.371 e. The first-order valence-corrected chi connectivity index (χ1v) is 10.2. The summed E-state index contributed by atoms with van der Waals surface area (Å²) in [6.07, 6.45) is 3.77. The standard InChI is InChI=1S/C23H30N4O2/c1-17(23(29)25-20-12-10-18(11-13-20)22(24)28)26(2)16-19-8-4-5-9-21(19)27-14-6-3-7-15-27/h4-5,8-13,17H,3,6-7,14-16H2,1-2H3,(H2,24,28)(H,25,29)/t17-/m0/s1. The third-order valence-electron chi connectivity index (χ3n) is 5.59. The maximum atomic E-state index is 12.7. The topological polar surface area (TPSA) is 78.7 Å². The van der Waals surface area contributed by atoms with Crippen LogP contribution >= 0.6 is 0 Å². The number of hydrogen-bond donors (Lipinski definition) is 2. The second-order valence-electron chi connectivity index (χ2n) is 7.70. The van der Waals surface area contributed by atoms with Crippen molar-refractivity contribution < 1.29 is 9.59 Å². The summed E-state index contributed by atoms with van der Waals surface area (Å²) >= 11 is 0. The number of nitrogens with zero attached hydrogens (tertiary/aromatic N) is 2. The van der Waals surface area contributed by atoms with Crippen LogP contribution in [0.4, 0.5) is 11.4 Å². The lowest BCUT2D eigenvalue weighted by molar-refractivity contribution is -0.120. The molecule has 2 aromatic carbocycles. The normalized spacial score (nSPS) is 15.2. The molecule has 0 aromatic heterocycles. The third-order valence-corrected chi connectivity index (χ3v) is 5.59. The Kier molecular flexibility index (Phi) is 6.88. The van der Waals surface area contributed by atoms with Gasteiger partial charge in [-0.2, -0.15) is 0 Å². The number of nitrogens with two attached hydrogens (primary N) is 1. The zero-order chi connectivity index (χ0) is 20.8. The van der Waals surface area contributed by atoms with Gasteiger partial charge in [-0.25, -0.2) is 0 Å². The molecule has 1 aliphatic rings. The molecule has 0 spiro atoms. The SMILES string of the molecule is C[C@@H](C(=O)Nc1ccc(C(N)=O)cc1)N(C)Cc1ccccc1N1CCCCC1. The second-order valence-corrected chi connectivity index (χ2v) is 7.70. The highest BCUT2D eigenvalue weighted by atomic mass is 16.2. The molecule has 0 unspecified atom stereocenters. The average Bonchev–Trinajstić information content (AvgIpc) is 2.74. The molecule has 6 heteroatoms. The fourth-order valence-electron chi connectivity index (χ4n) is 3.66. The summed E-state index contributed by atoms with van der Waals surface area (Å²) in [7, 11) is 1.97. The first kappa shape index (κ1) is 20.9. The molecular formula is C23H30N4O2. The zero-order valence-electron chi connectivity index (χ0n) is 17.2. The van der Waals surface area contributed by atoms with Gasteiger partial charge in [-0.15, -0.1) is 0 Å². The molecule has 0 saturated carbocycles. The van der Waals surface area contributed by atoms with E-state index in [2.05, 4.69) is 39.4 Å². The monoisotopic (exact) mass is 394 g/mol. The second kappa shape index (κ2) is 9.56. The number of piperidine rings is 1. The van der Waals surface area contributed by atoms with E-state index in [4.69, 9.17) is 5.73 Å². The first-order chi connectivity index (χ1) is 14.0. The van der Waals surface area contributed by atoms with Crippen molar-refractivity contribution in [2.75, 3.05) is 30.4 Å². The number of benzene rings is 2. The molecule has 1 aliphatic heterocycles. The lowest BCUT2D eigenvalue weighted by Crippen LogP contribution is -2.39. The van der Waals surface area contributed by atoms with Gasteiger partial charge in [0.05, 0.1) is 6.04 Å². The smallest absolute Gasteiger partial charge is 0.248 e. The number of amides is 2. The lowest BCUT2D eigenvalue weighted by Gasteiger charge is -2.32. The van der Waals surface area contributed by atoms with Crippen molar-refractivity contribution in [1.82, 2.24) is 4.90 Å². The molecule has 0 bridgehead atoms. The van der Waals surface area contributed by atoms with E-state index in [0.717, 1.165) is 13.1 Å². The van der Waals surface area contributed by atoms with Crippen LogP contribution in [0.3, 0.4) is 0 Å². The number of para-hydroxylation sites is 1. The predicted octanol–water partition coefficient (Wildman–Crippen LogP) is 3.23. The summed E-state index contributed by atoms with van der Waals surface area (Å²) < 4.78 is 0. The predicted molar refractivity (Wildman–Crippen MR) is 117 cm³/mol. The van der Waals surface area contributed by atoms with Crippen molar-refractivity contribution in [2.45, 2.75) is 38.8 Å². The summed E-state index contributed by atoms with van der Waals surface area (Å²) in [6, 6.07) is 14.8. The van der Waals surface area contributed by atoms with Crippen molar-refractivity contribution >= 4 is 23.2 Å². The van der Waals surface area contributed by atoms with Gasteiger partial charge in [-0.05, 0) is 69.1 Å². The van der Waals surface area contributed by atoms with Gasteiger partial charge in [0, 0.05) is 36.6 Å². The van der Waals surface area contributed by atoms with E-state index in [-0.39, 0.29) is 11.9 Å². The summed E-state index contributed by atoms with van der Waals surface area (Å²) in [6.45, 7) is 4.79. The highest BCUT2D eigenvalue weighted by Gasteiger charge is 2.21. The number of anilines is 2. The van der Waals surface area contributed by atoms with E-state index in [0.29, 0.717) is 17.8 Å². The van der Waals surface area contributed by atoms with Crippen molar-refractivity contribution in [3.8, 4) is 0 Å². The van der Waals surface area contributed by atoms with Gasteiger partial charge < -0.3 is 16.0 Å². The Hall–Kier alpha value is -2.86. The van der Waals surface area contributed by atoms with E-state index in [1.807, 2.05) is 14.0 Å². The Morgan fingerprint density at radius 1 is 1.07 bits per heavy atom. The molecule has 3 N–H and O–H groups in total. The van der Waals surface area contributed by atoms with Gasteiger partial charge in [0.25, 0.3) is 0 Å². The van der Waals surface area contributed by atoms with Crippen molar-refractivity contribution in [3.05, 3.63) is 59.7 Å². The van der Waals surface area contributed by atoms with Gasteiger partial charge in [-0.1, -0.05) is 18.2 Å². The first-order valence-electron chi connectivity index (χ1n) is 10.2. The molecule has 29 heavy (non-hydrogen) atoms. The van der Waals surface area contributed by atoms with E-state index >= 15 is 0 Å². The lowest BCUT2D eigenvalue weighted by atomic mass is 10.1. The van der Waals surface area contributed by atoms with Gasteiger partial charge in [0.1, 0.15) is 0 Å². The van der Waals surface area contributed by atoms with Gasteiger partial charge in [-0.3, -0.25) is 14.5 Å². The molecule has 0 aliphatic carbocycles. The van der Waals surface area contributed by atoms with E-state index in [1.165, 1.54) is 30.5 Å². The number of hydrogen-bond acceptors (Lipinski definition) is 4. The van der Waals surface area contributed by atoms with Crippen molar-refractivity contribution in [1.29, 1.82) is 0 Å². The number of likely N-dealkylation sites (N-methyl/N-ethyl adjacent to an activating group) is 1. The summed E-state index contributed by atoms with van der Waals surface area (Å²) in [5.74, 6) is -0.571. The van der Waals surface area contributed by atoms with Crippen molar-refractivity contribution in [2.24, 2.45) is 5.73 Å². The number of nitrogens with one attached hydrogen (secondary N) is 1. The van der Waals surface area contributed by atoms with E-state index in [1.54, 1.807) is 24.3 Å². The van der Waals surface area contributed by atoms with Crippen LogP contribution in [0.15, 0.2) is 48.5 Å². The fourth-order valence-corrected chi connectivity index (χ4v) is 3.66. The molecule has 6 nitrogen and oxygen atoms in total. The quantitative estimate of drug-likeness (QED) is 0.756. The largest absolute Gasteiger partial charge is 0.371 e. The zero-order valence-corrected chi connectivity index (χ0v) is 17.2. The van der Waals surface area contributed by atoms with Crippen LogP contribution in [-0.2, 0) is 11.3 Å². The Labute approximate surface area is 172 Å². The molecule has 1 fully saturated rings. The minimum atomic E-state index is -0.483. The molecule has 2 aromatic rings. The van der Waals surface area contributed by atoms with Crippen LogP contribution in [-0.4, -0.2) is 42.9 Å². The molecule has 1 saturated heterocycles. The molecule has 154 valence electrons. The molecular weight excluding hydrogens is 364 g/mol. The van der Waals surface area contributed by atoms with Gasteiger partial charge in [0.15, 0.2) is 0 Å². The maximum Gasteiger partial charge on any atom is 0.248 e. The molecule has 0 radical (unpaired) electrons. The van der Waals surface area contributed by atoms with Crippen LogP contribution in [0.25, 0.3) is 0 Å². The Bertz CT molecular complexity index is 844. The maximum absolute atomic E-state index is 12.7. The summed E-state index contributed by atoms with van der Waals surface area (Å²) in [5, 5.41) is 2.91. The van der Waals surface area contributed by atoms with Crippen LogP contribution in [0.1, 0.15) is 42.1 Å². The molecule has 2 amide bonds. The highest BCUT2D eigenvalue weighted by molar-refractivity contribution is 5.96. The number of primary amides is 1.